The summed E-state index contributed by atoms with van der Waals surface area (Å²) in [4.78, 5) is 12.6. The third kappa shape index (κ3) is 2.06. The van der Waals surface area contributed by atoms with Crippen LogP contribution in [0.2, 0.25) is 0 Å². The van der Waals surface area contributed by atoms with Gasteiger partial charge in [-0.05, 0) is 85.5 Å². The van der Waals surface area contributed by atoms with E-state index in [2.05, 4.69) is 17.4 Å². The van der Waals surface area contributed by atoms with Crippen LogP contribution < -0.4 is 10.1 Å². The Balaban J connectivity index is 1.49. The second kappa shape index (κ2) is 5.11. The molecule has 24 heavy (non-hydrogen) atoms. The zero-order chi connectivity index (χ0) is 16.3. The van der Waals surface area contributed by atoms with Crippen LogP contribution >= 0.6 is 0 Å². The number of ether oxygens (including phenoxy) is 1. The van der Waals surface area contributed by atoms with Gasteiger partial charge < -0.3 is 10.1 Å². The molecule has 4 fully saturated rings. The van der Waals surface area contributed by atoms with Gasteiger partial charge in [0.25, 0.3) is 0 Å². The molecule has 0 atom stereocenters. The maximum absolute atomic E-state index is 12.6. The summed E-state index contributed by atoms with van der Waals surface area (Å²) >= 11 is 0. The Labute approximate surface area is 143 Å². The van der Waals surface area contributed by atoms with Gasteiger partial charge in [-0.2, -0.15) is 0 Å². The number of hydrogen-bond acceptors (Lipinski definition) is 2. The number of amides is 1. The summed E-state index contributed by atoms with van der Waals surface area (Å²) in [7, 11) is 1.69. The molecule has 0 unspecified atom stereocenters. The van der Waals surface area contributed by atoms with Crippen molar-refractivity contribution in [3.8, 4) is 5.75 Å². The van der Waals surface area contributed by atoms with Gasteiger partial charge >= 0.3 is 0 Å². The van der Waals surface area contributed by atoms with Crippen molar-refractivity contribution >= 4 is 11.5 Å². The van der Waals surface area contributed by atoms with Crippen molar-refractivity contribution in [1.82, 2.24) is 5.32 Å². The van der Waals surface area contributed by atoms with E-state index in [-0.39, 0.29) is 11.4 Å². The lowest BCUT2D eigenvalue weighted by Gasteiger charge is -2.62. The average molecular weight is 323 g/mol. The van der Waals surface area contributed by atoms with Gasteiger partial charge in [0, 0.05) is 6.08 Å². The number of nitrogens with one attached hydrogen (secondary N) is 1. The lowest BCUT2D eigenvalue weighted by Crippen LogP contribution is -2.67. The topological polar surface area (TPSA) is 38.3 Å². The quantitative estimate of drug-likeness (QED) is 0.899. The highest BCUT2D eigenvalue weighted by Crippen LogP contribution is 2.60. The van der Waals surface area contributed by atoms with Crippen LogP contribution in [0.4, 0.5) is 0 Å². The van der Waals surface area contributed by atoms with Gasteiger partial charge in [-0.15, -0.1) is 0 Å². The fraction of sp³-hybridized carbons (Fsp3) is 0.571. The van der Waals surface area contributed by atoms with E-state index in [1.807, 2.05) is 18.2 Å². The lowest BCUT2D eigenvalue weighted by atomic mass is 9.47. The van der Waals surface area contributed by atoms with Crippen LogP contribution in [-0.4, -0.2) is 18.6 Å². The molecule has 3 nitrogen and oxygen atoms in total. The number of carbonyl (C=O) groups excluding carboxylic acids is 1. The summed E-state index contributed by atoms with van der Waals surface area (Å²) in [5.41, 5.74) is 2.39. The molecule has 126 valence electrons. The first-order valence-electron chi connectivity index (χ1n) is 9.33. The van der Waals surface area contributed by atoms with E-state index in [9.17, 15) is 4.79 Å². The minimum absolute atomic E-state index is 0.0223. The summed E-state index contributed by atoms with van der Waals surface area (Å²) in [5, 5.41) is 3.46. The molecule has 1 amide bonds. The first kappa shape index (κ1) is 14.6. The number of methoxy groups -OCH3 is 1. The van der Waals surface area contributed by atoms with Crippen LogP contribution in [0.25, 0.3) is 5.57 Å². The van der Waals surface area contributed by atoms with E-state index in [1.165, 1.54) is 43.2 Å². The maximum atomic E-state index is 12.6. The first-order valence-corrected chi connectivity index (χ1v) is 9.33. The van der Waals surface area contributed by atoms with Crippen LogP contribution in [-0.2, 0) is 4.79 Å². The Hall–Kier alpha value is -1.77. The van der Waals surface area contributed by atoms with Gasteiger partial charge in [0.05, 0.1) is 12.6 Å². The van der Waals surface area contributed by atoms with Crippen molar-refractivity contribution in [2.24, 2.45) is 23.7 Å². The maximum Gasteiger partial charge on any atom is 0.244 e. The zero-order valence-corrected chi connectivity index (χ0v) is 14.3. The van der Waals surface area contributed by atoms with Crippen molar-refractivity contribution in [2.75, 3.05) is 7.11 Å². The van der Waals surface area contributed by atoms with Gasteiger partial charge in [-0.1, -0.05) is 12.1 Å². The normalized spacial score (nSPS) is 39.7. The summed E-state index contributed by atoms with van der Waals surface area (Å²) in [6.45, 7) is 0. The lowest BCUT2D eigenvalue weighted by molar-refractivity contribution is -0.128. The van der Waals surface area contributed by atoms with Crippen molar-refractivity contribution in [2.45, 2.75) is 44.1 Å². The van der Waals surface area contributed by atoms with Crippen LogP contribution in [0.15, 0.2) is 30.3 Å². The second-order valence-electron chi connectivity index (χ2n) is 8.41. The number of benzene rings is 1. The summed E-state index contributed by atoms with van der Waals surface area (Å²) in [5.74, 6) is 4.18. The van der Waals surface area contributed by atoms with Crippen LogP contribution in [0, 0.1) is 23.7 Å². The third-order valence-electron chi connectivity index (χ3n) is 7.20. The van der Waals surface area contributed by atoms with Gasteiger partial charge in [-0.3, -0.25) is 4.79 Å². The first-order chi connectivity index (χ1) is 11.7. The number of carbonyl (C=O) groups is 1. The Morgan fingerprint density at radius 3 is 2.21 bits per heavy atom. The van der Waals surface area contributed by atoms with Crippen molar-refractivity contribution in [3.63, 3.8) is 0 Å². The van der Waals surface area contributed by atoms with E-state index in [0.29, 0.717) is 11.8 Å². The van der Waals surface area contributed by atoms with Crippen molar-refractivity contribution in [3.05, 3.63) is 35.9 Å². The molecule has 6 rings (SSSR count). The summed E-state index contributed by atoms with van der Waals surface area (Å²) in [6, 6.07) is 8.17. The van der Waals surface area contributed by atoms with Crippen molar-refractivity contribution < 1.29 is 9.53 Å². The van der Waals surface area contributed by atoms with E-state index in [4.69, 9.17) is 4.74 Å². The predicted molar refractivity (Wildman–Crippen MR) is 93.5 cm³/mol. The molecule has 5 aliphatic rings. The molecular formula is C21H25NO2. The minimum atomic E-state index is 0.0223. The molecular weight excluding hydrogens is 298 g/mol. The molecule has 4 bridgehead atoms. The SMILES string of the molecule is COc1ccc(C2=CC(=O)NC3(C2)C2CC4CC(C2)CC3C4)cc1. The molecule has 1 aliphatic heterocycles. The Bertz CT molecular complexity index is 675. The third-order valence-corrected chi connectivity index (χ3v) is 7.20. The Kier molecular flexibility index (Phi) is 3.10. The van der Waals surface area contributed by atoms with Crippen LogP contribution in [0.1, 0.15) is 44.1 Å². The molecule has 1 spiro atoms. The second-order valence-corrected chi connectivity index (χ2v) is 8.41. The minimum Gasteiger partial charge on any atom is -0.497 e. The predicted octanol–water partition coefficient (Wildman–Crippen LogP) is 3.79. The molecule has 1 N–H and O–H groups in total. The van der Waals surface area contributed by atoms with Crippen LogP contribution in [0.3, 0.4) is 0 Å². The highest BCUT2D eigenvalue weighted by Gasteiger charge is 2.58. The molecule has 0 radical (unpaired) electrons. The number of hydrogen-bond donors (Lipinski definition) is 1. The number of rotatable bonds is 2. The zero-order valence-electron chi connectivity index (χ0n) is 14.3. The molecule has 4 saturated carbocycles. The molecule has 4 aliphatic carbocycles. The highest BCUT2D eigenvalue weighted by atomic mass is 16.5. The highest BCUT2D eigenvalue weighted by molar-refractivity contribution is 5.98. The van der Waals surface area contributed by atoms with Gasteiger partial charge in [0.2, 0.25) is 5.91 Å². The molecule has 1 heterocycles. The molecule has 0 aromatic heterocycles. The fourth-order valence-electron chi connectivity index (χ4n) is 6.34. The van der Waals surface area contributed by atoms with E-state index >= 15 is 0 Å². The van der Waals surface area contributed by atoms with Crippen molar-refractivity contribution in [1.29, 1.82) is 0 Å². The van der Waals surface area contributed by atoms with Crippen LogP contribution in [0.5, 0.6) is 5.75 Å². The largest absolute Gasteiger partial charge is 0.497 e. The standard InChI is InChI=1S/C21H25NO2/c1-24-19-4-2-15(3-5-19)16-11-20(23)22-21(12-16)17-7-13-6-14(9-17)10-18(21)8-13/h2-5,11,13-14,17-18H,6-10,12H2,1H3,(H,22,23). The fourth-order valence-corrected chi connectivity index (χ4v) is 6.34. The Morgan fingerprint density at radius 1 is 1.00 bits per heavy atom. The summed E-state index contributed by atoms with van der Waals surface area (Å²) in [6.07, 6.45) is 9.55. The van der Waals surface area contributed by atoms with E-state index < -0.39 is 0 Å². The van der Waals surface area contributed by atoms with E-state index in [1.54, 1.807) is 7.11 Å². The monoisotopic (exact) mass is 323 g/mol. The van der Waals surface area contributed by atoms with Gasteiger partial charge in [-0.25, -0.2) is 0 Å². The average Bonchev–Trinajstić information content (AvgIpc) is 2.59. The summed E-state index contributed by atoms with van der Waals surface area (Å²) < 4.78 is 5.27. The molecule has 0 saturated heterocycles. The molecule has 1 aromatic carbocycles. The van der Waals surface area contributed by atoms with Gasteiger partial charge in [0.1, 0.15) is 5.75 Å². The van der Waals surface area contributed by atoms with E-state index in [0.717, 1.165) is 24.0 Å². The molecule has 1 aromatic rings. The van der Waals surface area contributed by atoms with Gasteiger partial charge in [0.15, 0.2) is 0 Å². The molecule has 3 heteroatoms. The smallest absolute Gasteiger partial charge is 0.244 e. The Morgan fingerprint density at radius 2 is 1.62 bits per heavy atom.